The van der Waals surface area contributed by atoms with Crippen LogP contribution in [-0.2, 0) is 17.1 Å². The maximum Gasteiger partial charge on any atom is 0.237 e. The maximum atomic E-state index is 12.6. The van der Waals surface area contributed by atoms with Gasteiger partial charge in [-0.05, 0) is 44.2 Å². The molecular formula is C21H20ClN5OS3. The zero-order valence-corrected chi connectivity index (χ0v) is 20.1. The number of rotatable bonds is 8. The highest BCUT2D eigenvalue weighted by molar-refractivity contribution is 8.00. The molecule has 31 heavy (non-hydrogen) atoms. The normalized spacial score (nSPS) is 12.2. The number of carbonyl (C=O) groups excluding carboxylic acids is 1. The zero-order valence-electron chi connectivity index (χ0n) is 16.9. The van der Waals surface area contributed by atoms with Crippen LogP contribution in [0.3, 0.4) is 0 Å². The second-order valence-corrected chi connectivity index (χ2v) is 10.6. The molecule has 0 bridgehead atoms. The quantitative estimate of drug-likeness (QED) is 0.307. The summed E-state index contributed by atoms with van der Waals surface area (Å²) in [5, 5.41) is 12.6. The summed E-state index contributed by atoms with van der Waals surface area (Å²) in [6.45, 7) is 4.64. The molecule has 0 saturated heterocycles. The molecule has 0 aliphatic rings. The van der Waals surface area contributed by atoms with Gasteiger partial charge in [0.25, 0.3) is 0 Å². The summed E-state index contributed by atoms with van der Waals surface area (Å²) in [7, 11) is 0. The van der Waals surface area contributed by atoms with Crippen molar-refractivity contribution in [2.45, 2.75) is 40.9 Å². The van der Waals surface area contributed by atoms with E-state index in [1.54, 1.807) is 41.3 Å². The summed E-state index contributed by atoms with van der Waals surface area (Å²) in [6, 6.07) is 15.2. The van der Waals surface area contributed by atoms with Gasteiger partial charge in [0.05, 0.1) is 21.2 Å². The van der Waals surface area contributed by atoms with E-state index in [-0.39, 0.29) is 11.2 Å². The number of para-hydroxylation sites is 1. The fraction of sp³-hybridized carbons (Fsp3) is 0.238. The molecule has 1 N–H and O–H groups in total. The van der Waals surface area contributed by atoms with E-state index in [9.17, 15) is 4.79 Å². The number of anilines is 1. The van der Waals surface area contributed by atoms with Gasteiger partial charge in [0.15, 0.2) is 9.50 Å². The molecule has 4 aromatic rings. The van der Waals surface area contributed by atoms with Crippen molar-refractivity contribution in [1.82, 2.24) is 19.7 Å². The van der Waals surface area contributed by atoms with E-state index in [0.29, 0.717) is 16.5 Å². The molecule has 2 aromatic heterocycles. The molecule has 0 saturated carbocycles. The molecule has 0 spiro atoms. The van der Waals surface area contributed by atoms with Gasteiger partial charge < -0.3 is 9.88 Å². The summed E-state index contributed by atoms with van der Waals surface area (Å²) in [4.78, 5) is 17.3. The number of halogens is 1. The highest BCUT2D eigenvalue weighted by atomic mass is 35.5. The van der Waals surface area contributed by atoms with Gasteiger partial charge in [0, 0.05) is 17.3 Å². The Hall–Kier alpha value is -2.07. The maximum absolute atomic E-state index is 12.6. The lowest BCUT2D eigenvalue weighted by molar-refractivity contribution is -0.115. The number of thiazole rings is 1. The SMILES string of the molecule is CCn1c(CSc2nc3ccccc3s2)nnc1SC(C)C(=O)Nc1cccc(Cl)c1. The second-order valence-electron chi connectivity index (χ2n) is 6.64. The Balaban J connectivity index is 1.40. The van der Waals surface area contributed by atoms with Gasteiger partial charge in [-0.1, -0.05) is 53.3 Å². The van der Waals surface area contributed by atoms with Crippen molar-refractivity contribution in [3.63, 3.8) is 0 Å². The first-order valence-electron chi connectivity index (χ1n) is 9.67. The van der Waals surface area contributed by atoms with Gasteiger partial charge >= 0.3 is 0 Å². The smallest absolute Gasteiger partial charge is 0.237 e. The highest BCUT2D eigenvalue weighted by Gasteiger charge is 2.20. The third kappa shape index (κ3) is 5.41. The van der Waals surface area contributed by atoms with E-state index < -0.39 is 0 Å². The van der Waals surface area contributed by atoms with E-state index in [2.05, 4.69) is 33.5 Å². The Bertz CT molecular complexity index is 1180. The third-order valence-corrected chi connectivity index (χ3v) is 7.94. The topological polar surface area (TPSA) is 72.7 Å². The minimum Gasteiger partial charge on any atom is -0.325 e. The Kier molecular flexibility index (Phi) is 7.16. The average molecular weight is 490 g/mol. The van der Waals surface area contributed by atoms with Crippen molar-refractivity contribution in [2.24, 2.45) is 0 Å². The molecule has 10 heteroatoms. The predicted octanol–water partition coefficient (Wildman–Crippen LogP) is 5.97. The van der Waals surface area contributed by atoms with Crippen molar-refractivity contribution in [3.05, 3.63) is 59.4 Å². The predicted molar refractivity (Wildman–Crippen MR) is 130 cm³/mol. The standard InChI is InChI=1S/C21H20ClN5OS3/c1-3-27-18(12-29-21-24-16-9-4-5-10-17(16)31-21)25-26-20(27)30-13(2)19(28)23-15-8-6-7-14(22)11-15/h4-11,13H,3,12H2,1-2H3,(H,23,28). The first kappa shape index (κ1) is 22.1. The molecule has 1 amide bonds. The molecular weight excluding hydrogens is 470 g/mol. The number of amides is 1. The van der Waals surface area contributed by atoms with E-state index in [1.165, 1.54) is 16.5 Å². The van der Waals surface area contributed by atoms with Crippen LogP contribution in [0.15, 0.2) is 58.0 Å². The van der Waals surface area contributed by atoms with Crippen LogP contribution in [0.4, 0.5) is 5.69 Å². The van der Waals surface area contributed by atoms with Crippen LogP contribution in [0, 0.1) is 0 Å². The van der Waals surface area contributed by atoms with Gasteiger partial charge in [-0.15, -0.1) is 21.5 Å². The van der Waals surface area contributed by atoms with E-state index in [1.807, 2.05) is 35.8 Å². The number of nitrogens with zero attached hydrogens (tertiary/aromatic N) is 4. The largest absolute Gasteiger partial charge is 0.325 e. The number of thioether (sulfide) groups is 2. The first-order valence-corrected chi connectivity index (χ1v) is 12.7. The molecule has 0 aliphatic heterocycles. The number of fused-ring (bicyclic) bond motifs is 1. The van der Waals surface area contributed by atoms with Gasteiger partial charge in [0.1, 0.15) is 5.82 Å². The number of nitrogens with one attached hydrogen (secondary N) is 1. The number of hydrogen-bond donors (Lipinski definition) is 1. The highest BCUT2D eigenvalue weighted by Crippen LogP contribution is 2.32. The lowest BCUT2D eigenvalue weighted by Gasteiger charge is -2.13. The van der Waals surface area contributed by atoms with E-state index in [4.69, 9.17) is 11.6 Å². The Morgan fingerprint density at radius 2 is 2.06 bits per heavy atom. The second kappa shape index (κ2) is 10.0. The molecule has 160 valence electrons. The Morgan fingerprint density at radius 3 is 2.84 bits per heavy atom. The van der Waals surface area contributed by atoms with Crippen molar-refractivity contribution >= 4 is 68.3 Å². The first-order chi connectivity index (χ1) is 15.0. The molecule has 4 rings (SSSR count). The molecule has 0 fully saturated rings. The zero-order chi connectivity index (χ0) is 21.8. The van der Waals surface area contributed by atoms with Gasteiger partial charge in [0.2, 0.25) is 5.91 Å². The summed E-state index contributed by atoms with van der Waals surface area (Å²) in [5.41, 5.74) is 1.69. The Labute approximate surface area is 197 Å². The summed E-state index contributed by atoms with van der Waals surface area (Å²) in [5.74, 6) is 1.43. The molecule has 1 unspecified atom stereocenters. The van der Waals surface area contributed by atoms with E-state index >= 15 is 0 Å². The van der Waals surface area contributed by atoms with Crippen LogP contribution >= 0.6 is 46.5 Å². The minimum absolute atomic E-state index is 0.108. The van der Waals surface area contributed by atoms with Gasteiger partial charge in [-0.3, -0.25) is 4.79 Å². The molecule has 1 atom stereocenters. The van der Waals surface area contributed by atoms with Crippen molar-refractivity contribution in [1.29, 1.82) is 0 Å². The lowest BCUT2D eigenvalue weighted by atomic mass is 10.3. The lowest BCUT2D eigenvalue weighted by Crippen LogP contribution is -2.23. The fourth-order valence-electron chi connectivity index (χ4n) is 2.89. The summed E-state index contributed by atoms with van der Waals surface area (Å²) < 4.78 is 4.24. The Morgan fingerprint density at radius 1 is 1.23 bits per heavy atom. The average Bonchev–Trinajstić information content (AvgIpc) is 3.35. The number of carbonyl (C=O) groups is 1. The van der Waals surface area contributed by atoms with Crippen LogP contribution in [0.1, 0.15) is 19.7 Å². The van der Waals surface area contributed by atoms with Gasteiger partial charge in [-0.2, -0.15) is 0 Å². The van der Waals surface area contributed by atoms with Gasteiger partial charge in [-0.25, -0.2) is 4.98 Å². The van der Waals surface area contributed by atoms with Crippen LogP contribution in [-0.4, -0.2) is 30.9 Å². The molecule has 2 aromatic carbocycles. The molecule has 0 radical (unpaired) electrons. The molecule has 0 aliphatic carbocycles. The van der Waals surface area contributed by atoms with Crippen molar-refractivity contribution in [3.8, 4) is 0 Å². The van der Waals surface area contributed by atoms with Crippen molar-refractivity contribution in [2.75, 3.05) is 5.32 Å². The number of hydrogen-bond acceptors (Lipinski definition) is 7. The van der Waals surface area contributed by atoms with Crippen LogP contribution < -0.4 is 5.32 Å². The van der Waals surface area contributed by atoms with Crippen LogP contribution in [0.2, 0.25) is 5.02 Å². The van der Waals surface area contributed by atoms with E-state index in [0.717, 1.165) is 27.4 Å². The summed E-state index contributed by atoms with van der Waals surface area (Å²) >= 11 is 10.7. The fourth-order valence-corrected chi connectivity index (χ4v) is 6.02. The third-order valence-electron chi connectivity index (χ3n) is 4.45. The minimum atomic E-state index is -0.335. The van der Waals surface area contributed by atoms with Crippen LogP contribution in [0.25, 0.3) is 10.2 Å². The van der Waals surface area contributed by atoms with Crippen LogP contribution in [0.5, 0.6) is 0 Å². The number of benzene rings is 2. The molecule has 2 heterocycles. The molecule has 6 nitrogen and oxygen atoms in total. The monoisotopic (exact) mass is 489 g/mol. The number of aromatic nitrogens is 4. The van der Waals surface area contributed by atoms with Crippen molar-refractivity contribution < 1.29 is 4.79 Å². The summed E-state index contributed by atoms with van der Waals surface area (Å²) in [6.07, 6.45) is 0.